The Balaban J connectivity index is 0.000000561. The number of hydrogen-bond donors (Lipinski definition) is 1. The predicted molar refractivity (Wildman–Crippen MR) is 49.9 cm³/mol. The summed E-state index contributed by atoms with van der Waals surface area (Å²) in [6.07, 6.45) is 1.63. The number of carbonyl (C=O) groups excluding carboxylic acids is 1. The summed E-state index contributed by atoms with van der Waals surface area (Å²) in [5.41, 5.74) is 0. The first-order chi connectivity index (χ1) is 5.79. The summed E-state index contributed by atoms with van der Waals surface area (Å²) in [5.74, 6) is 0.494. The molecule has 66 valence electrons. The van der Waals surface area contributed by atoms with Crippen LogP contribution in [0.2, 0.25) is 0 Å². The Morgan fingerprint density at radius 3 is 2.50 bits per heavy atom. The van der Waals surface area contributed by atoms with Gasteiger partial charge in [-0.2, -0.15) is 0 Å². The summed E-state index contributed by atoms with van der Waals surface area (Å²) in [7, 11) is 0. The van der Waals surface area contributed by atoms with Crippen molar-refractivity contribution in [2.24, 2.45) is 0 Å². The molecule has 0 aliphatic carbocycles. The number of amides is 1. The molecule has 0 aromatic carbocycles. The summed E-state index contributed by atoms with van der Waals surface area (Å²) in [4.78, 5) is 14.3. The first-order valence-electron chi connectivity index (χ1n) is 3.97. The molecule has 0 radical (unpaired) electrons. The molecule has 0 saturated heterocycles. The molecule has 1 rings (SSSR count). The lowest BCUT2D eigenvalue weighted by atomic mass is 10.4. The minimum atomic E-state index is -0.0984. The lowest BCUT2D eigenvalue weighted by Crippen LogP contribution is -2.06. The fraction of sp³-hybridized carbons (Fsp3) is 0.333. The van der Waals surface area contributed by atoms with E-state index in [-0.39, 0.29) is 5.91 Å². The van der Waals surface area contributed by atoms with E-state index >= 15 is 0 Å². The van der Waals surface area contributed by atoms with Crippen molar-refractivity contribution < 1.29 is 4.79 Å². The van der Waals surface area contributed by atoms with Gasteiger partial charge in [-0.05, 0) is 12.1 Å². The molecule has 1 aromatic rings. The molecule has 0 aliphatic heterocycles. The molecule has 0 aliphatic rings. The molecule has 12 heavy (non-hydrogen) atoms. The van der Waals surface area contributed by atoms with Gasteiger partial charge in [0.2, 0.25) is 5.91 Å². The third-order valence-corrected chi connectivity index (χ3v) is 0.969. The second-order valence-corrected chi connectivity index (χ2v) is 1.90. The quantitative estimate of drug-likeness (QED) is 0.693. The molecule has 1 N–H and O–H groups in total. The summed E-state index contributed by atoms with van der Waals surface area (Å²) in [6.45, 7) is 5.45. The van der Waals surface area contributed by atoms with Gasteiger partial charge in [-0.3, -0.25) is 4.79 Å². The van der Waals surface area contributed by atoms with Crippen LogP contribution in [0.1, 0.15) is 20.8 Å². The molecule has 3 nitrogen and oxygen atoms in total. The molecule has 0 fully saturated rings. The van der Waals surface area contributed by atoms with Crippen molar-refractivity contribution in [3.8, 4) is 0 Å². The third-order valence-electron chi connectivity index (χ3n) is 0.969. The summed E-state index contributed by atoms with van der Waals surface area (Å²) >= 11 is 0. The molecule has 0 bridgehead atoms. The Kier molecular flexibility index (Phi) is 5.61. The van der Waals surface area contributed by atoms with Crippen molar-refractivity contribution in [1.82, 2.24) is 4.98 Å². The molecular formula is C9H14N2O. The van der Waals surface area contributed by atoms with E-state index in [1.165, 1.54) is 6.92 Å². The van der Waals surface area contributed by atoms with Crippen LogP contribution in [0.3, 0.4) is 0 Å². The van der Waals surface area contributed by atoms with Crippen LogP contribution in [-0.4, -0.2) is 10.9 Å². The minimum absolute atomic E-state index is 0.0984. The number of aromatic nitrogens is 1. The van der Waals surface area contributed by atoms with E-state index in [1.54, 1.807) is 18.3 Å². The zero-order valence-corrected chi connectivity index (χ0v) is 7.66. The van der Waals surface area contributed by atoms with E-state index in [2.05, 4.69) is 10.3 Å². The van der Waals surface area contributed by atoms with Crippen LogP contribution in [0, 0.1) is 0 Å². The van der Waals surface area contributed by atoms with E-state index in [4.69, 9.17) is 0 Å². The highest BCUT2D eigenvalue weighted by Gasteiger charge is 1.91. The van der Waals surface area contributed by atoms with Crippen molar-refractivity contribution in [3.63, 3.8) is 0 Å². The third kappa shape index (κ3) is 4.44. The van der Waals surface area contributed by atoms with Gasteiger partial charge in [0, 0.05) is 13.1 Å². The average molecular weight is 166 g/mol. The summed E-state index contributed by atoms with van der Waals surface area (Å²) in [6, 6.07) is 5.35. The molecule has 3 heteroatoms. The van der Waals surface area contributed by atoms with Crippen molar-refractivity contribution in [2.45, 2.75) is 20.8 Å². The largest absolute Gasteiger partial charge is 0.311 e. The topological polar surface area (TPSA) is 42.0 Å². The zero-order chi connectivity index (χ0) is 9.40. The van der Waals surface area contributed by atoms with Crippen LogP contribution in [0.25, 0.3) is 0 Å². The molecule has 0 atom stereocenters. The van der Waals surface area contributed by atoms with Crippen molar-refractivity contribution in [1.29, 1.82) is 0 Å². The van der Waals surface area contributed by atoms with Gasteiger partial charge in [-0.25, -0.2) is 4.98 Å². The fourth-order valence-electron chi connectivity index (χ4n) is 0.617. The van der Waals surface area contributed by atoms with Crippen LogP contribution in [-0.2, 0) is 4.79 Å². The van der Waals surface area contributed by atoms with Crippen LogP contribution in [0.4, 0.5) is 5.82 Å². The Morgan fingerprint density at radius 1 is 1.42 bits per heavy atom. The molecule has 0 unspecified atom stereocenters. The van der Waals surface area contributed by atoms with Gasteiger partial charge in [0.05, 0.1) is 0 Å². The van der Waals surface area contributed by atoms with E-state index in [0.29, 0.717) is 5.82 Å². The van der Waals surface area contributed by atoms with E-state index in [9.17, 15) is 4.79 Å². The summed E-state index contributed by atoms with van der Waals surface area (Å²) < 4.78 is 0. The van der Waals surface area contributed by atoms with Gasteiger partial charge in [0.15, 0.2) is 0 Å². The van der Waals surface area contributed by atoms with Crippen LogP contribution in [0.15, 0.2) is 24.4 Å². The first-order valence-corrected chi connectivity index (χ1v) is 3.97. The van der Waals surface area contributed by atoms with Gasteiger partial charge in [-0.1, -0.05) is 19.9 Å². The SMILES string of the molecule is CC.CC(=O)Nc1ccccn1. The standard InChI is InChI=1S/C7H8N2O.C2H6/c1-6(10)9-7-4-2-3-5-8-7;1-2/h2-5H,1H3,(H,8,9,10);1-2H3. The second kappa shape index (κ2) is 6.34. The van der Waals surface area contributed by atoms with Crippen LogP contribution >= 0.6 is 0 Å². The van der Waals surface area contributed by atoms with Gasteiger partial charge < -0.3 is 5.32 Å². The van der Waals surface area contributed by atoms with Gasteiger partial charge in [-0.15, -0.1) is 0 Å². The maximum Gasteiger partial charge on any atom is 0.222 e. The monoisotopic (exact) mass is 166 g/mol. The second-order valence-electron chi connectivity index (χ2n) is 1.90. The minimum Gasteiger partial charge on any atom is -0.311 e. The highest BCUT2D eigenvalue weighted by atomic mass is 16.1. The molecular weight excluding hydrogens is 152 g/mol. The number of anilines is 1. The number of hydrogen-bond acceptors (Lipinski definition) is 2. The maximum atomic E-state index is 10.5. The van der Waals surface area contributed by atoms with E-state index in [0.717, 1.165) is 0 Å². The van der Waals surface area contributed by atoms with Crippen molar-refractivity contribution in [2.75, 3.05) is 5.32 Å². The number of pyridine rings is 1. The Morgan fingerprint density at radius 2 is 2.08 bits per heavy atom. The van der Waals surface area contributed by atoms with Crippen LogP contribution in [0.5, 0.6) is 0 Å². The van der Waals surface area contributed by atoms with Crippen molar-refractivity contribution in [3.05, 3.63) is 24.4 Å². The van der Waals surface area contributed by atoms with E-state index < -0.39 is 0 Å². The Bertz CT molecular complexity index is 221. The van der Waals surface area contributed by atoms with Crippen LogP contribution < -0.4 is 5.32 Å². The number of rotatable bonds is 1. The Labute approximate surface area is 72.8 Å². The highest BCUT2D eigenvalue weighted by Crippen LogP contribution is 1.97. The maximum absolute atomic E-state index is 10.5. The lowest BCUT2D eigenvalue weighted by molar-refractivity contribution is -0.114. The first kappa shape index (κ1) is 10.6. The number of nitrogens with one attached hydrogen (secondary N) is 1. The highest BCUT2D eigenvalue weighted by molar-refractivity contribution is 5.87. The summed E-state index contributed by atoms with van der Waals surface area (Å²) in [5, 5.41) is 2.55. The Hall–Kier alpha value is -1.38. The average Bonchev–Trinajstić information content (AvgIpc) is 2.08. The normalized spacial score (nSPS) is 7.92. The van der Waals surface area contributed by atoms with Crippen molar-refractivity contribution >= 4 is 11.7 Å². The smallest absolute Gasteiger partial charge is 0.222 e. The number of nitrogens with zero attached hydrogens (tertiary/aromatic N) is 1. The van der Waals surface area contributed by atoms with Gasteiger partial charge in [0.25, 0.3) is 0 Å². The molecule has 0 spiro atoms. The fourth-order valence-corrected chi connectivity index (χ4v) is 0.617. The molecule has 0 saturated carbocycles. The van der Waals surface area contributed by atoms with Gasteiger partial charge >= 0.3 is 0 Å². The molecule has 1 aromatic heterocycles. The lowest BCUT2D eigenvalue weighted by Gasteiger charge is -1.96. The number of carbonyl (C=O) groups is 1. The van der Waals surface area contributed by atoms with E-state index in [1.807, 2.05) is 19.9 Å². The molecule has 1 amide bonds. The predicted octanol–water partition coefficient (Wildman–Crippen LogP) is 2.07. The van der Waals surface area contributed by atoms with Gasteiger partial charge in [0.1, 0.15) is 5.82 Å². The zero-order valence-electron chi connectivity index (χ0n) is 7.66. The molecule has 1 heterocycles.